The second kappa shape index (κ2) is 6.94. The quantitative estimate of drug-likeness (QED) is 0.424. The first-order valence-corrected chi connectivity index (χ1v) is 13.1. The van der Waals surface area contributed by atoms with Crippen LogP contribution in [0.3, 0.4) is 0 Å². The van der Waals surface area contributed by atoms with Crippen molar-refractivity contribution < 1.29 is 9.59 Å². The van der Waals surface area contributed by atoms with E-state index >= 15 is 0 Å². The topological polar surface area (TPSA) is 81.7 Å². The molecule has 0 aliphatic heterocycles. The summed E-state index contributed by atoms with van der Waals surface area (Å²) in [5.41, 5.74) is 0.233. The standard InChI is InChI=1S/C30H38N2O2/c1-18-20-7-8-28(5)23(27(20,4)14-19(16-31)25(18)34)13-22(33)24-21-15-26(2,3)9-11-30(21,17-32)12-10-29(24,28)6/h13-14,18,20-21,24H,7-12,15H2,1-6H3. The average molecular weight is 459 g/mol. The summed E-state index contributed by atoms with van der Waals surface area (Å²) in [5.74, 6) is -0.0370. The minimum Gasteiger partial charge on any atom is -0.295 e. The number of Topliss-reactive ketones (excluding diaryl/α,β-unsaturated/α-hetero) is 1. The molecule has 8 atom stereocenters. The number of nitriles is 2. The Kier molecular flexibility index (Phi) is 4.80. The molecule has 3 fully saturated rings. The number of allylic oxidation sites excluding steroid dienone is 4. The van der Waals surface area contributed by atoms with E-state index in [1.165, 1.54) is 0 Å². The first kappa shape index (κ1) is 23.5. The van der Waals surface area contributed by atoms with Gasteiger partial charge in [-0.15, -0.1) is 0 Å². The van der Waals surface area contributed by atoms with Crippen molar-refractivity contribution in [3.05, 3.63) is 23.3 Å². The molecule has 0 N–H and O–H groups in total. The number of fused-ring (bicyclic) bond motifs is 7. The van der Waals surface area contributed by atoms with Gasteiger partial charge in [-0.05, 0) is 79.1 Å². The largest absolute Gasteiger partial charge is 0.295 e. The minimum absolute atomic E-state index is 0.0543. The van der Waals surface area contributed by atoms with E-state index in [-0.39, 0.29) is 57.1 Å². The molecule has 0 heterocycles. The van der Waals surface area contributed by atoms with Gasteiger partial charge in [-0.3, -0.25) is 9.59 Å². The van der Waals surface area contributed by atoms with Gasteiger partial charge in [0.05, 0.1) is 17.1 Å². The zero-order valence-corrected chi connectivity index (χ0v) is 21.6. The van der Waals surface area contributed by atoms with E-state index in [0.29, 0.717) is 0 Å². The molecule has 180 valence electrons. The molecule has 0 spiro atoms. The van der Waals surface area contributed by atoms with Gasteiger partial charge in [-0.1, -0.05) is 53.2 Å². The van der Waals surface area contributed by atoms with E-state index in [2.05, 4.69) is 46.8 Å². The fraction of sp³-hybridized carbons (Fsp3) is 0.733. The maximum atomic E-state index is 14.1. The van der Waals surface area contributed by atoms with E-state index < -0.39 is 10.8 Å². The molecule has 5 aliphatic carbocycles. The molecule has 0 aromatic carbocycles. The van der Waals surface area contributed by atoms with Crippen molar-refractivity contribution in [2.45, 2.75) is 86.5 Å². The Labute approximate surface area is 204 Å². The number of carbonyl (C=O) groups is 2. The highest BCUT2D eigenvalue weighted by molar-refractivity contribution is 6.02. The fourth-order valence-corrected chi connectivity index (χ4v) is 9.45. The summed E-state index contributed by atoms with van der Waals surface area (Å²) in [4.78, 5) is 27.0. The second-order valence-electron chi connectivity index (χ2n) is 13.7. The molecule has 0 amide bonds. The normalized spacial score (nSPS) is 49.2. The van der Waals surface area contributed by atoms with Gasteiger partial charge >= 0.3 is 0 Å². The lowest BCUT2D eigenvalue weighted by Gasteiger charge is -2.67. The molecule has 8 unspecified atom stereocenters. The molecule has 0 aromatic heterocycles. The van der Waals surface area contributed by atoms with Crippen molar-refractivity contribution in [1.82, 2.24) is 0 Å². The van der Waals surface area contributed by atoms with Gasteiger partial charge in [-0.2, -0.15) is 10.5 Å². The summed E-state index contributed by atoms with van der Waals surface area (Å²) in [6, 6.07) is 4.88. The van der Waals surface area contributed by atoms with Gasteiger partial charge < -0.3 is 0 Å². The van der Waals surface area contributed by atoms with Crippen molar-refractivity contribution in [2.75, 3.05) is 0 Å². The van der Waals surface area contributed by atoms with Crippen LogP contribution in [-0.4, -0.2) is 11.6 Å². The lowest BCUT2D eigenvalue weighted by molar-refractivity contribution is -0.161. The van der Waals surface area contributed by atoms with E-state index in [9.17, 15) is 20.1 Å². The highest BCUT2D eigenvalue weighted by atomic mass is 16.1. The molecule has 5 rings (SSSR count). The molecule has 4 nitrogen and oxygen atoms in total. The summed E-state index contributed by atoms with van der Waals surface area (Å²) in [6.07, 6.45) is 10.3. The summed E-state index contributed by atoms with van der Waals surface area (Å²) in [5, 5.41) is 20.1. The van der Waals surface area contributed by atoms with Gasteiger partial charge in [-0.25, -0.2) is 0 Å². The first-order valence-electron chi connectivity index (χ1n) is 13.1. The Bertz CT molecular complexity index is 1130. The Morgan fingerprint density at radius 1 is 0.941 bits per heavy atom. The minimum atomic E-state index is -0.468. The molecular weight excluding hydrogens is 420 g/mol. The van der Waals surface area contributed by atoms with E-state index in [1.54, 1.807) is 0 Å². The number of carbonyl (C=O) groups excluding carboxylic acids is 2. The Morgan fingerprint density at radius 2 is 1.62 bits per heavy atom. The van der Waals surface area contributed by atoms with Crippen molar-refractivity contribution in [1.29, 1.82) is 10.5 Å². The van der Waals surface area contributed by atoms with E-state index in [0.717, 1.165) is 50.5 Å². The van der Waals surface area contributed by atoms with Crippen LogP contribution >= 0.6 is 0 Å². The third-order valence-electron chi connectivity index (χ3n) is 11.7. The monoisotopic (exact) mass is 458 g/mol. The third-order valence-corrected chi connectivity index (χ3v) is 11.7. The van der Waals surface area contributed by atoms with Crippen LogP contribution in [0, 0.1) is 73.4 Å². The Morgan fingerprint density at radius 3 is 2.26 bits per heavy atom. The third kappa shape index (κ3) is 2.69. The zero-order valence-electron chi connectivity index (χ0n) is 21.6. The Balaban J connectivity index is 1.69. The highest BCUT2D eigenvalue weighted by Crippen LogP contribution is 2.73. The molecule has 0 radical (unpaired) electrons. The average Bonchev–Trinajstić information content (AvgIpc) is 2.77. The van der Waals surface area contributed by atoms with Crippen molar-refractivity contribution in [3.63, 3.8) is 0 Å². The summed E-state index contributed by atoms with van der Waals surface area (Å²) >= 11 is 0. The summed E-state index contributed by atoms with van der Waals surface area (Å²) in [6.45, 7) is 13.4. The van der Waals surface area contributed by atoms with E-state index in [4.69, 9.17) is 0 Å². The number of hydrogen-bond donors (Lipinski definition) is 0. The summed E-state index contributed by atoms with van der Waals surface area (Å²) < 4.78 is 0. The maximum absolute atomic E-state index is 14.1. The van der Waals surface area contributed by atoms with Gasteiger partial charge in [0, 0.05) is 17.3 Å². The smallest absolute Gasteiger partial charge is 0.176 e. The van der Waals surface area contributed by atoms with Crippen LogP contribution in [0.2, 0.25) is 0 Å². The number of nitrogens with zero attached hydrogens (tertiary/aromatic N) is 2. The van der Waals surface area contributed by atoms with Crippen molar-refractivity contribution in [2.24, 2.45) is 50.7 Å². The molecular formula is C30H38N2O2. The molecule has 0 bridgehead atoms. The van der Waals surface area contributed by atoms with Crippen molar-refractivity contribution in [3.8, 4) is 12.1 Å². The molecule has 34 heavy (non-hydrogen) atoms. The highest BCUT2D eigenvalue weighted by Gasteiger charge is 2.69. The van der Waals surface area contributed by atoms with Crippen LogP contribution < -0.4 is 0 Å². The van der Waals surface area contributed by atoms with Crippen LogP contribution in [-0.2, 0) is 9.59 Å². The van der Waals surface area contributed by atoms with Gasteiger partial charge in [0.2, 0.25) is 0 Å². The Hall–Kier alpha value is -2.20. The predicted molar refractivity (Wildman–Crippen MR) is 130 cm³/mol. The SMILES string of the molecule is CC1C(=O)C(C#N)=CC2(C)C3=CC(=O)C4C5CC(C)(C)CCC5(C#N)CCC4(C)C3(C)CCC12. The van der Waals surface area contributed by atoms with Crippen molar-refractivity contribution >= 4 is 11.6 Å². The lowest BCUT2D eigenvalue weighted by atomic mass is 9.35. The number of hydrogen-bond acceptors (Lipinski definition) is 4. The lowest BCUT2D eigenvalue weighted by Crippen LogP contribution is -2.64. The van der Waals surface area contributed by atoms with Crippen LogP contribution in [0.1, 0.15) is 86.5 Å². The number of ketones is 2. The molecule has 4 heteroatoms. The van der Waals surface area contributed by atoms with Crippen LogP contribution in [0.25, 0.3) is 0 Å². The van der Waals surface area contributed by atoms with Crippen LogP contribution in [0.4, 0.5) is 0 Å². The van der Waals surface area contributed by atoms with E-state index in [1.807, 2.05) is 19.1 Å². The number of rotatable bonds is 0. The van der Waals surface area contributed by atoms with Gasteiger partial charge in [0.25, 0.3) is 0 Å². The molecule has 0 aromatic rings. The van der Waals surface area contributed by atoms with Gasteiger partial charge in [0.1, 0.15) is 6.07 Å². The van der Waals surface area contributed by atoms with Gasteiger partial charge in [0.15, 0.2) is 11.6 Å². The summed E-state index contributed by atoms with van der Waals surface area (Å²) in [7, 11) is 0. The first-order chi connectivity index (χ1) is 15.8. The van der Waals surface area contributed by atoms with Crippen LogP contribution in [0.5, 0.6) is 0 Å². The maximum Gasteiger partial charge on any atom is 0.176 e. The molecule has 3 saturated carbocycles. The fourth-order valence-electron chi connectivity index (χ4n) is 9.45. The van der Waals surface area contributed by atoms with Crippen LogP contribution in [0.15, 0.2) is 23.3 Å². The zero-order chi connectivity index (χ0) is 24.9. The predicted octanol–water partition coefficient (Wildman–Crippen LogP) is 6.34. The molecule has 0 saturated heterocycles. The molecule has 5 aliphatic rings. The second-order valence-corrected chi connectivity index (χ2v) is 13.7.